The molecular weight excluding hydrogens is 284 g/mol. The van der Waals surface area contributed by atoms with Gasteiger partial charge in [-0.2, -0.15) is 0 Å². The van der Waals surface area contributed by atoms with E-state index in [1.807, 2.05) is 30.3 Å². The number of hydrogen-bond acceptors (Lipinski definition) is 2. The quantitative estimate of drug-likeness (QED) is 0.895. The number of amides is 1. The highest BCUT2D eigenvalue weighted by Crippen LogP contribution is 2.28. The summed E-state index contributed by atoms with van der Waals surface area (Å²) in [7, 11) is 0. The van der Waals surface area contributed by atoms with Gasteiger partial charge in [0.25, 0.3) is 0 Å². The number of carbonyl (C=O) groups excluding carboxylic acids is 1. The lowest BCUT2D eigenvalue weighted by atomic mass is 9.80. The topological polar surface area (TPSA) is 55.1 Å². The minimum absolute atomic E-state index is 0. The molecule has 1 saturated carbocycles. The summed E-state index contributed by atoms with van der Waals surface area (Å²) in [5.74, 6) is 1.48. The van der Waals surface area contributed by atoms with E-state index in [2.05, 4.69) is 19.2 Å². The molecule has 1 aliphatic rings. The molecule has 1 aromatic carbocycles. The monoisotopic (exact) mass is 310 g/mol. The average molecular weight is 311 g/mol. The van der Waals surface area contributed by atoms with Gasteiger partial charge >= 0.3 is 0 Å². The van der Waals surface area contributed by atoms with Crippen LogP contribution in [0.25, 0.3) is 0 Å². The number of nitrogens with two attached hydrogens (primary N) is 1. The second-order valence-corrected chi connectivity index (χ2v) is 6.40. The second-order valence-electron chi connectivity index (χ2n) is 6.40. The molecular formula is C17H27ClN2O. The van der Waals surface area contributed by atoms with Crippen LogP contribution in [0.1, 0.15) is 51.1 Å². The average Bonchev–Trinajstić information content (AvgIpc) is 2.38. The van der Waals surface area contributed by atoms with Crippen LogP contribution in [-0.2, 0) is 4.79 Å². The first-order valence-electron chi connectivity index (χ1n) is 7.64. The molecule has 3 atom stereocenters. The molecule has 3 N–H and O–H groups in total. The second kappa shape index (κ2) is 8.40. The summed E-state index contributed by atoms with van der Waals surface area (Å²) >= 11 is 0. The van der Waals surface area contributed by atoms with Crippen LogP contribution in [0.5, 0.6) is 0 Å². The number of halogens is 1. The van der Waals surface area contributed by atoms with Gasteiger partial charge in [0.2, 0.25) is 5.91 Å². The van der Waals surface area contributed by atoms with E-state index in [-0.39, 0.29) is 24.4 Å². The number of nitrogens with one attached hydrogen (secondary N) is 1. The van der Waals surface area contributed by atoms with Crippen molar-refractivity contribution in [3.05, 3.63) is 35.9 Å². The molecule has 3 unspecified atom stereocenters. The van der Waals surface area contributed by atoms with E-state index >= 15 is 0 Å². The molecule has 118 valence electrons. The van der Waals surface area contributed by atoms with Crippen molar-refractivity contribution < 1.29 is 4.79 Å². The Morgan fingerprint density at radius 3 is 2.33 bits per heavy atom. The largest absolute Gasteiger partial charge is 0.353 e. The summed E-state index contributed by atoms with van der Waals surface area (Å²) in [6.07, 6.45) is 3.83. The predicted octanol–water partition coefficient (Wildman–Crippen LogP) is 3.44. The number of carbonyl (C=O) groups is 1. The highest BCUT2D eigenvalue weighted by molar-refractivity contribution is 5.85. The van der Waals surface area contributed by atoms with E-state index in [1.165, 1.54) is 6.42 Å². The Morgan fingerprint density at radius 2 is 1.76 bits per heavy atom. The van der Waals surface area contributed by atoms with Crippen LogP contribution in [-0.4, -0.2) is 11.9 Å². The summed E-state index contributed by atoms with van der Waals surface area (Å²) in [6, 6.07) is 9.93. The van der Waals surface area contributed by atoms with Crippen molar-refractivity contribution >= 4 is 18.3 Å². The lowest BCUT2D eigenvalue weighted by Crippen LogP contribution is -2.40. The third-order valence-electron chi connectivity index (χ3n) is 4.18. The Kier molecular flexibility index (Phi) is 7.20. The highest BCUT2D eigenvalue weighted by Gasteiger charge is 2.25. The SMILES string of the molecule is CC1CC(C)CC(NC(=O)CC(N)c2ccccc2)C1.Cl. The normalized spacial score (nSPS) is 26.5. The summed E-state index contributed by atoms with van der Waals surface area (Å²) in [5.41, 5.74) is 7.12. The Hall–Kier alpha value is -1.06. The summed E-state index contributed by atoms with van der Waals surface area (Å²) in [4.78, 5) is 12.1. The first kappa shape index (κ1) is 18.0. The fraction of sp³-hybridized carbons (Fsp3) is 0.588. The van der Waals surface area contributed by atoms with Crippen LogP contribution in [0, 0.1) is 11.8 Å². The molecule has 2 rings (SSSR count). The molecule has 1 amide bonds. The molecule has 1 aromatic rings. The van der Waals surface area contributed by atoms with E-state index in [4.69, 9.17) is 5.73 Å². The predicted molar refractivity (Wildman–Crippen MR) is 89.3 cm³/mol. The third-order valence-corrected chi connectivity index (χ3v) is 4.18. The van der Waals surface area contributed by atoms with E-state index in [0.29, 0.717) is 24.3 Å². The van der Waals surface area contributed by atoms with Gasteiger partial charge in [0.05, 0.1) is 0 Å². The van der Waals surface area contributed by atoms with Gasteiger partial charge in [-0.3, -0.25) is 4.79 Å². The Balaban J connectivity index is 0.00000220. The van der Waals surface area contributed by atoms with Gasteiger partial charge in [0, 0.05) is 18.5 Å². The summed E-state index contributed by atoms with van der Waals surface area (Å²) < 4.78 is 0. The van der Waals surface area contributed by atoms with Gasteiger partial charge in [-0.25, -0.2) is 0 Å². The van der Waals surface area contributed by atoms with E-state index < -0.39 is 0 Å². The van der Waals surface area contributed by atoms with Gasteiger partial charge in [0.1, 0.15) is 0 Å². The van der Waals surface area contributed by atoms with Gasteiger partial charge in [0.15, 0.2) is 0 Å². The van der Waals surface area contributed by atoms with E-state index in [1.54, 1.807) is 0 Å². The number of rotatable bonds is 4. The molecule has 0 bridgehead atoms. The lowest BCUT2D eigenvalue weighted by molar-refractivity contribution is -0.122. The molecule has 0 aromatic heterocycles. The van der Waals surface area contributed by atoms with Crippen molar-refractivity contribution in [1.82, 2.24) is 5.32 Å². The molecule has 3 nitrogen and oxygen atoms in total. The zero-order valence-corrected chi connectivity index (χ0v) is 13.7. The molecule has 21 heavy (non-hydrogen) atoms. The van der Waals surface area contributed by atoms with Crippen LogP contribution < -0.4 is 11.1 Å². The first-order chi connectivity index (χ1) is 9.54. The van der Waals surface area contributed by atoms with Crippen molar-refractivity contribution in [3.8, 4) is 0 Å². The van der Waals surface area contributed by atoms with Crippen molar-refractivity contribution in [3.63, 3.8) is 0 Å². The molecule has 0 spiro atoms. The van der Waals surface area contributed by atoms with Crippen LogP contribution >= 0.6 is 12.4 Å². The third kappa shape index (κ3) is 5.68. The van der Waals surface area contributed by atoms with Gasteiger partial charge in [-0.1, -0.05) is 44.2 Å². The smallest absolute Gasteiger partial charge is 0.222 e. The van der Waals surface area contributed by atoms with Crippen molar-refractivity contribution in [2.75, 3.05) is 0 Å². The minimum atomic E-state index is -0.213. The van der Waals surface area contributed by atoms with Gasteiger partial charge in [-0.15, -0.1) is 12.4 Å². The molecule has 0 heterocycles. The van der Waals surface area contributed by atoms with Gasteiger partial charge < -0.3 is 11.1 Å². The highest BCUT2D eigenvalue weighted by atomic mass is 35.5. The molecule has 0 aliphatic heterocycles. The number of hydrogen-bond donors (Lipinski definition) is 2. The molecule has 0 radical (unpaired) electrons. The standard InChI is InChI=1S/C17H26N2O.ClH/c1-12-8-13(2)10-15(9-12)19-17(20)11-16(18)14-6-4-3-5-7-14;/h3-7,12-13,15-16H,8-11,18H2,1-2H3,(H,19,20);1H. The van der Waals surface area contributed by atoms with Gasteiger partial charge in [-0.05, 0) is 36.7 Å². The van der Waals surface area contributed by atoms with Crippen LogP contribution in [0.4, 0.5) is 0 Å². The molecule has 1 fully saturated rings. The number of benzene rings is 1. The van der Waals surface area contributed by atoms with Crippen LogP contribution in [0.2, 0.25) is 0 Å². The van der Waals surface area contributed by atoms with Crippen LogP contribution in [0.15, 0.2) is 30.3 Å². The maximum atomic E-state index is 12.1. The summed E-state index contributed by atoms with van der Waals surface area (Å²) in [6.45, 7) is 4.54. The fourth-order valence-electron chi connectivity index (χ4n) is 3.37. The van der Waals surface area contributed by atoms with Crippen molar-refractivity contribution in [2.45, 2.75) is 51.6 Å². The van der Waals surface area contributed by atoms with Crippen LogP contribution in [0.3, 0.4) is 0 Å². The van der Waals surface area contributed by atoms with Crippen molar-refractivity contribution in [2.24, 2.45) is 17.6 Å². The van der Waals surface area contributed by atoms with E-state index in [0.717, 1.165) is 18.4 Å². The Bertz CT molecular complexity index is 428. The fourth-order valence-corrected chi connectivity index (χ4v) is 3.37. The molecule has 1 aliphatic carbocycles. The Labute approximate surface area is 134 Å². The molecule has 4 heteroatoms. The van der Waals surface area contributed by atoms with Crippen molar-refractivity contribution in [1.29, 1.82) is 0 Å². The summed E-state index contributed by atoms with van der Waals surface area (Å²) in [5, 5.41) is 3.16. The van der Waals surface area contributed by atoms with E-state index in [9.17, 15) is 4.79 Å². The minimum Gasteiger partial charge on any atom is -0.353 e. The lowest BCUT2D eigenvalue weighted by Gasteiger charge is -2.32. The molecule has 0 saturated heterocycles. The Morgan fingerprint density at radius 1 is 1.19 bits per heavy atom. The maximum absolute atomic E-state index is 12.1. The first-order valence-corrected chi connectivity index (χ1v) is 7.64. The zero-order valence-electron chi connectivity index (χ0n) is 12.9. The zero-order chi connectivity index (χ0) is 14.5. The maximum Gasteiger partial charge on any atom is 0.222 e.